The van der Waals surface area contributed by atoms with Crippen LogP contribution < -0.4 is 0 Å². The number of aromatic carboxylic acids is 1. The molecule has 1 heterocycles. The average Bonchev–Trinajstić information content (AvgIpc) is 2.78. The minimum absolute atomic E-state index is 0.0189. The van der Waals surface area contributed by atoms with E-state index in [1.807, 2.05) is 24.3 Å². The van der Waals surface area contributed by atoms with Gasteiger partial charge in [0, 0.05) is 4.88 Å². The Morgan fingerprint density at radius 2 is 1.81 bits per heavy atom. The van der Waals surface area contributed by atoms with Crippen molar-refractivity contribution < 1.29 is 15.0 Å². The van der Waals surface area contributed by atoms with E-state index < -0.39 is 5.97 Å². The number of carboxylic acids is 1. The number of benzene rings is 1. The van der Waals surface area contributed by atoms with Gasteiger partial charge in [-0.05, 0) is 23.3 Å². The molecule has 0 aliphatic carbocycles. The summed E-state index contributed by atoms with van der Waals surface area (Å²) in [6.07, 6.45) is 0. The first-order chi connectivity index (χ1) is 7.70. The van der Waals surface area contributed by atoms with Gasteiger partial charge in [0.15, 0.2) is 0 Å². The highest BCUT2D eigenvalue weighted by Crippen LogP contribution is 2.28. The zero-order chi connectivity index (χ0) is 11.5. The molecule has 2 rings (SSSR count). The van der Waals surface area contributed by atoms with Gasteiger partial charge in [0.1, 0.15) is 4.88 Å². The molecule has 0 aliphatic rings. The molecule has 82 valence electrons. The van der Waals surface area contributed by atoms with Crippen LogP contribution in [0.25, 0.3) is 10.4 Å². The molecule has 0 aliphatic heterocycles. The molecule has 1 aromatic carbocycles. The third-order valence-corrected chi connectivity index (χ3v) is 3.36. The first kappa shape index (κ1) is 10.9. The summed E-state index contributed by atoms with van der Waals surface area (Å²) >= 11 is 1.25. The van der Waals surface area contributed by atoms with E-state index in [0.29, 0.717) is 4.88 Å². The molecule has 3 nitrogen and oxygen atoms in total. The maximum Gasteiger partial charge on any atom is 0.345 e. The first-order valence-electron chi connectivity index (χ1n) is 4.74. The summed E-state index contributed by atoms with van der Waals surface area (Å²) in [5, 5.41) is 17.7. The summed E-state index contributed by atoms with van der Waals surface area (Å²) in [4.78, 5) is 12.0. The van der Waals surface area contributed by atoms with Gasteiger partial charge in [-0.2, -0.15) is 0 Å². The molecule has 0 fully saturated rings. The van der Waals surface area contributed by atoms with Crippen LogP contribution in [0, 0.1) is 0 Å². The van der Waals surface area contributed by atoms with Gasteiger partial charge >= 0.3 is 5.97 Å². The monoisotopic (exact) mass is 234 g/mol. The fourth-order valence-electron chi connectivity index (χ4n) is 1.38. The smallest absolute Gasteiger partial charge is 0.345 e. The highest BCUT2D eigenvalue weighted by Gasteiger charge is 2.07. The maximum atomic E-state index is 10.7. The minimum atomic E-state index is -0.900. The number of rotatable bonds is 3. The van der Waals surface area contributed by atoms with Gasteiger partial charge in [-0.1, -0.05) is 24.3 Å². The second-order valence-electron chi connectivity index (χ2n) is 3.32. The van der Waals surface area contributed by atoms with E-state index in [2.05, 4.69) is 0 Å². The van der Waals surface area contributed by atoms with Crippen LogP contribution in [-0.4, -0.2) is 16.2 Å². The Hall–Kier alpha value is -1.65. The van der Waals surface area contributed by atoms with Crippen LogP contribution in [0.3, 0.4) is 0 Å². The summed E-state index contributed by atoms with van der Waals surface area (Å²) in [7, 11) is 0. The Kier molecular flexibility index (Phi) is 3.03. The Balaban J connectivity index is 2.31. The lowest BCUT2D eigenvalue weighted by Gasteiger charge is -1.99. The van der Waals surface area contributed by atoms with Gasteiger partial charge < -0.3 is 10.2 Å². The molecule has 0 spiro atoms. The van der Waals surface area contributed by atoms with Crippen molar-refractivity contribution in [3.05, 3.63) is 46.8 Å². The van der Waals surface area contributed by atoms with Crippen LogP contribution in [0.5, 0.6) is 0 Å². The van der Waals surface area contributed by atoms with Crippen LogP contribution >= 0.6 is 11.3 Å². The van der Waals surface area contributed by atoms with Crippen LogP contribution in [0.4, 0.5) is 0 Å². The molecule has 0 amide bonds. The summed E-state index contributed by atoms with van der Waals surface area (Å²) in [5.41, 5.74) is 1.81. The molecule has 1 aromatic heterocycles. The summed E-state index contributed by atoms with van der Waals surface area (Å²) in [6, 6.07) is 10.8. The predicted octanol–water partition coefficient (Wildman–Crippen LogP) is 2.61. The summed E-state index contributed by atoms with van der Waals surface area (Å²) < 4.78 is 0. The highest BCUT2D eigenvalue weighted by molar-refractivity contribution is 7.17. The average molecular weight is 234 g/mol. The normalized spacial score (nSPS) is 10.3. The van der Waals surface area contributed by atoms with Crippen LogP contribution in [0.1, 0.15) is 15.2 Å². The van der Waals surface area contributed by atoms with Crippen molar-refractivity contribution in [1.29, 1.82) is 0 Å². The fourth-order valence-corrected chi connectivity index (χ4v) is 2.23. The largest absolute Gasteiger partial charge is 0.477 e. The lowest BCUT2D eigenvalue weighted by molar-refractivity contribution is 0.0702. The number of hydrogen-bond acceptors (Lipinski definition) is 3. The van der Waals surface area contributed by atoms with E-state index >= 15 is 0 Å². The van der Waals surface area contributed by atoms with Crippen LogP contribution in [0.2, 0.25) is 0 Å². The van der Waals surface area contributed by atoms with Gasteiger partial charge in [-0.25, -0.2) is 4.79 Å². The van der Waals surface area contributed by atoms with Gasteiger partial charge in [-0.15, -0.1) is 11.3 Å². The molecule has 4 heteroatoms. The van der Waals surface area contributed by atoms with Crippen molar-refractivity contribution in [2.45, 2.75) is 6.61 Å². The van der Waals surface area contributed by atoms with Gasteiger partial charge in [0.2, 0.25) is 0 Å². The highest BCUT2D eigenvalue weighted by atomic mass is 32.1. The molecule has 2 N–H and O–H groups in total. The molecule has 16 heavy (non-hydrogen) atoms. The van der Waals surface area contributed by atoms with Crippen molar-refractivity contribution in [1.82, 2.24) is 0 Å². The number of carboxylic acid groups (broad SMARTS) is 1. The number of aliphatic hydroxyl groups excluding tert-OH is 1. The Morgan fingerprint density at radius 1 is 1.12 bits per heavy atom. The summed E-state index contributed by atoms with van der Waals surface area (Å²) in [5.74, 6) is -0.900. The Bertz CT molecular complexity index is 499. The zero-order valence-corrected chi connectivity index (χ0v) is 9.20. The van der Waals surface area contributed by atoms with E-state index in [1.54, 1.807) is 12.1 Å². The number of carbonyl (C=O) groups is 1. The number of aliphatic hydroxyl groups is 1. The maximum absolute atomic E-state index is 10.7. The van der Waals surface area contributed by atoms with Crippen LogP contribution in [0.15, 0.2) is 36.4 Å². The quantitative estimate of drug-likeness (QED) is 0.858. The van der Waals surface area contributed by atoms with Crippen molar-refractivity contribution in [3.8, 4) is 10.4 Å². The van der Waals surface area contributed by atoms with Gasteiger partial charge in [-0.3, -0.25) is 0 Å². The van der Waals surface area contributed by atoms with E-state index in [9.17, 15) is 4.79 Å². The van der Waals surface area contributed by atoms with Crippen molar-refractivity contribution >= 4 is 17.3 Å². The lowest BCUT2D eigenvalue weighted by Crippen LogP contribution is -1.89. The molecular formula is C12H10O3S. The second-order valence-corrected chi connectivity index (χ2v) is 4.41. The standard InChI is InChI=1S/C12H10O3S/c13-7-8-1-3-9(4-2-8)10-5-6-11(16-10)12(14)15/h1-6,13H,7H2,(H,14,15). The van der Waals surface area contributed by atoms with E-state index in [-0.39, 0.29) is 6.61 Å². The van der Waals surface area contributed by atoms with E-state index in [0.717, 1.165) is 16.0 Å². The Morgan fingerprint density at radius 3 is 2.31 bits per heavy atom. The van der Waals surface area contributed by atoms with Gasteiger partial charge in [0.25, 0.3) is 0 Å². The molecule has 2 aromatic rings. The molecule has 0 atom stereocenters. The second kappa shape index (κ2) is 4.47. The first-order valence-corrected chi connectivity index (χ1v) is 5.55. The molecular weight excluding hydrogens is 224 g/mol. The SMILES string of the molecule is O=C(O)c1ccc(-c2ccc(CO)cc2)s1. The molecule has 0 saturated carbocycles. The number of thiophene rings is 1. The lowest BCUT2D eigenvalue weighted by atomic mass is 10.1. The van der Waals surface area contributed by atoms with Crippen molar-refractivity contribution in [3.63, 3.8) is 0 Å². The van der Waals surface area contributed by atoms with Crippen molar-refractivity contribution in [2.24, 2.45) is 0 Å². The molecule has 0 bridgehead atoms. The van der Waals surface area contributed by atoms with Crippen LogP contribution in [-0.2, 0) is 6.61 Å². The van der Waals surface area contributed by atoms with E-state index in [1.165, 1.54) is 11.3 Å². The topological polar surface area (TPSA) is 57.5 Å². The van der Waals surface area contributed by atoms with E-state index in [4.69, 9.17) is 10.2 Å². The molecule has 0 radical (unpaired) electrons. The zero-order valence-electron chi connectivity index (χ0n) is 8.38. The van der Waals surface area contributed by atoms with Crippen molar-refractivity contribution in [2.75, 3.05) is 0 Å². The fraction of sp³-hybridized carbons (Fsp3) is 0.0833. The number of hydrogen-bond donors (Lipinski definition) is 2. The third-order valence-electron chi connectivity index (χ3n) is 2.24. The molecule has 0 saturated heterocycles. The predicted molar refractivity (Wildman–Crippen MR) is 62.6 cm³/mol. The molecule has 0 unspecified atom stereocenters. The summed E-state index contributed by atoms with van der Waals surface area (Å²) in [6.45, 7) is 0.0189. The Labute approximate surface area is 96.6 Å². The minimum Gasteiger partial charge on any atom is -0.477 e. The van der Waals surface area contributed by atoms with Gasteiger partial charge in [0.05, 0.1) is 6.61 Å². The third kappa shape index (κ3) is 2.13.